The maximum Gasteiger partial charge on any atom is 0.404 e. The molecule has 4 rings (SSSR count). The molecule has 11 heteroatoms. The van der Waals surface area contributed by atoms with Crippen molar-refractivity contribution in [3.8, 4) is 23.0 Å². The topological polar surface area (TPSA) is 155 Å². The number of hydrogen-bond acceptors (Lipinski definition) is 9. The van der Waals surface area contributed by atoms with Gasteiger partial charge >= 0.3 is 6.09 Å². The summed E-state index contributed by atoms with van der Waals surface area (Å²) in [6.45, 7) is 4.04. The first-order valence-electron chi connectivity index (χ1n) is 10.4. The lowest BCUT2D eigenvalue weighted by Gasteiger charge is -2.21. The van der Waals surface area contributed by atoms with Gasteiger partial charge in [-0.25, -0.2) is 14.8 Å². The first-order chi connectivity index (χ1) is 15.4. The summed E-state index contributed by atoms with van der Waals surface area (Å²) in [7, 11) is 1.90. The molecule has 1 amide bonds. The van der Waals surface area contributed by atoms with Crippen LogP contribution in [-0.4, -0.2) is 57.5 Å². The van der Waals surface area contributed by atoms with E-state index in [-0.39, 0.29) is 23.7 Å². The fourth-order valence-electron chi connectivity index (χ4n) is 3.82. The van der Waals surface area contributed by atoms with Crippen molar-refractivity contribution in [3.63, 3.8) is 0 Å². The highest BCUT2D eigenvalue weighted by atomic mass is 16.4. The van der Waals surface area contributed by atoms with Gasteiger partial charge in [-0.1, -0.05) is 12.1 Å². The van der Waals surface area contributed by atoms with Crippen molar-refractivity contribution in [1.29, 1.82) is 0 Å². The Labute approximate surface area is 185 Å². The molecule has 2 aromatic heterocycles. The summed E-state index contributed by atoms with van der Waals surface area (Å²) in [6, 6.07) is 7.68. The Kier molecular flexibility index (Phi) is 6.17. The molecule has 1 saturated heterocycles. The minimum absolute atomic E-state index is 0.156. The average molecular weight is 438 g/mol. The Morgan fingerprint density at radius 1 is 1.31 bits per heavy atom. The van der Waals surface area contributed by atoms with Gasteiger partial charge in [-0.2, -0.15) is 0 Å². The molecule has 3 heterocycles. The van der Waals surface area contributed by atoms with E-state index in [9.17, 15) is 4.79 Å². The molecule has 0 saturated carbocycles. The van der Waals surface area contributed by atoms with E-state index in [1.165, 1.54) is 0 Å². The van der Waals surface area contributed by atoms with Crippen molar-refractivity contribution in [3.05, 3.63) is 36.0 Å². The molecule has 5 N–H and O–H groups in total. The third-order valence-corrected chi connectivity index (χ3v) is 5.60. The lowest BCUT2D eigenvalue weighted by Crippen LogP contribution is -2.38. The predicted molar refractivity (Wildman–Crippen MR) is 119 cm³/mol. The monoisotopic (exact) mass is 438 g/mol. The van der Waals surface area contributed by atoms with E-state index in [4.69, 9.17) is 15.3 Å². The number of nitrogens with two attached hydrogens (primary N) is 1. The van der Waals surface area contributed by atoms with Crippen LogP contribution < -0.4 is 21.3 Å². The zero-order valence-electron chi connectivity index (χ0n) is 17.9. The Morgan fingerprint density at radius 2 is 2.06 bits per heavy atom. The number of carbonyl (C=O) groups is 1. The molecule has 0 spiro atoms. The molecule has 0 aliphatic carbocycles. The van der Waals surface area contributed by atoms with Crippen LogP contribution in [0.3, 0.4) is 0 Å². The molecule has 1 fully saturated rings. The highest BCUT2D eigenvalue weighted by Crippen LogP contribution is 2.29. The van der Waals surface area contributed by atoms with Crippen LogP contribution in [-0.2, 0) is 6.54 Å². The zero-order valence-corrected chi connectivity index (χ0v) is 17.9. The van der Waals surface area contributed by atoms with Gasteiger partial charge in [-0.15, -0.1) is 10.2 Å². The van der Waals surface area contributed by atoms with E-state index in [1.54, 1.807) is 6.20 Å². The van der Waals surface area contributed by atoms with E-state index in [1.807, 2.05) is 38.2 Å². The Balaban J connectivity index is 1.52. The lowest BCUT2D eigenvalue weighted by atomic mass is 10.0. The van der Waals surface area contributed by atoms with Crippen molar-refractivity contribution in [2.24, 2.45) is 5.92 Å². The number of hydrogen-bond donors (Lipinski definition) is 4. The Morgan fingerprint density at radius 3 is 2.78 bits per heavy atom. The van der Waals surface area contributed by atoms with Crippen LogP contribution in [0, 0.1) is 5.92 Å². The Bertz CT molecular complexity index is 1080. The summed E-state index contributed by atoms with van der Waals surface area (Å²) in [6.07, 6.45) is 1.43. The number of anilines is 2. The first-order valence-corrected chi connectivity index (χ1v) is 10.4. The number of nitrogens with one attached hydrogen (secondary N) is 2. The maximum absolute atomic E-state index is 10.9. The van der Waals surface area contributed by atoms with Crippen molar-refractivity contribution in [2.75, 3.05) is 30.8 Å². The summed E-state index contributed by atoms with van der Waals surface area (Å²) in [5, 5.41) is 22.8. The van der Waals surface area contributed by atoms with Gasteiger partial charge in [0.15, 0.2) is 11.5 Å². The van der Waals surface area contributed by atoms with Gasteiger partial charge in [0, 0.05) is 31.2 Å². The van der Waals surface area contributed by atoms with E-state index in [2.05, 4.69) is 35.7 Å². The molecule has 11 nitrogen and oxygen atoms in total. The summed E-state index contributed by atoms with van der Waals surface area (Å²) >= 11 is 0. The third-order valence-electron chi connectivity index (χ3n) is 5.60. The fourth-order valence-corrected chi connectivity index (χ4v) is 3.82. The largest absolute Gasteiger partial charge is 0.465 e. The summed E-state index contributed by atoms with van der Waals surface area (Å²) < 4.78 is 5.84. The molecule has 1 unspecified atom stereocenters. The molecular weight excluding hydrogens is 412 g/mol. The molecular formula is C21H26N8O3. The van der Waals surface area contributed by atoms with Crippen LogP contribution in [0.1, 0.15) is 18.9 Å². The average Bonchev–Trinajstić information content (AvgIpc) is 3.45. The maximum atomic E-state index is 10.9. The molecule has 32 heavy (non-hydrogen) atoms. The van der Waals surface area contributed by atoms with Gasteiger partial charge in [-0.05, 0) is 44.0 Å². The number of carboxylic acid groups (broad SMARTS) is 1. The van der Waals surface area contributed by atoms with Gasteiger partial charge in [0.25, 0.3) is 5.89 Å². The normalized spacial score (nSPS) is 16.8. The minimum Gasteiger partial charge on any atom is -0.465 e. The number of amides is 1. The highest BCUT2D eigenvalue weighted by molar-refractivity contribution is 5.66. The van der Waals surface area contributed by atoms with Crippen LogP contribution in [0.4, 0.5) is 16.4 Å². The van der Waals surface area contributed by atoms with Crippen molar-refractivity contribution in [2.45, 2.75) is 25.9 Å². The molecule has 3 aromatic rings. The quantitative estimate of drug-likeness (QED) is 0.430. The molecule has 1 aromatic carbocycles. The Hall–Kier alpha value is -3.73. The van der Waals surface area contributed by atoms with Gasteiger partial charge in [0.2, 0.25) is 5.89 Å². The van der Waals surface area contributed by atoms with Gasteiger partial charge < -0.3 is 30.8 Å². The molecule has 1 aliphatic rings. The minimum atomic E-state index is -1.02. The number of benzene rings is 1. The van der Waals surface area contributed by atoms with Crippen LogP contribution in [0.15, 0.2) is 34.9 Å². The summed E-state index contributed by atoms with van der Waals surface area (Å²) in [5.74, 6) is 1.58. The van der Waals surface area contributed by atoms with Crippen LogP contribution in [0.25, 0.3) is 23.0 Å². The predicted octanol–water partition coefficient (Wildman–Crippen LogP) is 1.98. The molecule has 2 atom stereocenters. The SMILES string of the molecule is CNCc1ccc(-c2nnc(-c3nc(N4CC[C@H](C(C)NC(=O)O)C4)cnc3N)o2)cc1. The first kappa shape index (κ1) is 21.5. The number of rotatable bonds is 7. The second kappa shape index (κ2) is 9.18. The fraction of sp³-hybridized carbons (Fsp3) is 0.381. The van der Waals surface area contributed by atoms with Crippen molar-refractivity contribution < 1.29 is 14.3 Å². The third kappa shape index (κ3) is 4.62. The van der Waals surface area contributed by atoms with E-state index in [0.29, 0.717) is 23.9 Å². The number of nitrogens with zero attached hydrogens (tertiary/aromatic N) is 5. The highest BCUT2D eigenvalue weighted by Gasteiger charge is 2.29. The summed E-state index contributed by atoms with van der Waals surface area (Å²) in [4.78, 5) is 21.9. The van der Waals surface area contributed by atoms with E-state index >= 15 is 0 Å². The van der Waals surface area contributed by atoms with Crippen molar-refractivity contribution in [1.82, 2.24) is 30.8 Å². The van der Waals surface area contributed by atoms with E-state index in [0.717, 1.165) is 30.6 Å². The zero-order chi connectivity index (χ0) is 22.7. The van der Waals surface area contributed by atoms with E-state index < -0.39 is 6.09 Å². The van der Waals surface area contributed by atoms with Crippen LogP contribution in [0.2, 0.25) is 0 Å². The molecule has 0 bridgehead atoms. The van der Waals surface area contributed by atoms with Gasteiger partial charge in [-0.3, -0.25) is 0 Å². The second-order valence-corrected chi connectivity index (χ2v) is 7.83. The summed E-state index contributed by atoms with van der Waals surface area (Å²) in [5.41, 5.74) is 8.32. The lowest BCUT2D eigenvalue weighted by molar-refractivity contribution is 0.186. The van der Waals surface area contributed by atoms with Crippen LogP contribution >= 0.6 is 0 Å². The van der Waals surface area contributed by atoms with Crippen molar-refractivity contribution >= 4 is 17.7 Å². The van der Waals surface area contributed by atoms with Gasteiger partial charge in [0.1, 0.15) is 5.82 Å². The molecule has 168 valence electrons. The number of nitrogen functional groups attached to an aromatic ring is 1. The molecule has 0 radical (unpaired) electrons. The smallest absolute Gasteiger partial charge is 0.404 e. The second-order valence-electron chi connectivity index (χ2n) is 7.83. The standard InChI is InChI=1S/C21H26N8O3/c1-12(25-21(30)31)15-7-8-29(11-15)16-10-24-18(22)17(26-16)20-28-27-19(32-20)14-5-3-13(4-6-14)9-23-2/h3-6,10,12,15,23,25H,7-9,11H2,1-2H3,(H2,22,24)(H,30,31)/t12?,15-/m0/s1. The molecule has 1 aliphatic heterocycles. The van der Waals surface area contributed by atoms with Gasteiger partial charge in [0.05, 0.1) is 6.20 Å². The van der Waals surface area contributed by atoms with Crippen LogP contribution in [0.5, 0.6) is 0 Å². The number of aromatic nitrogens is 4.